The number of fused-ring (bicyclic) bond motifs is 1. The van der Waals surface area contributed by atoms with Crippen molar-refractivity contribution in [2.75, 3.05) is 24.7 Å². The van der Waals surface area contributed by atoms with Gasteiger partial charge in [-0.05, 0) is 18.1 Å². The van der Waals surface area contributed by atoms with Gasteiger partial charge in [-0.2, -0.15) is 5.10 Å². The number of hydrogen-bond acceptors (Lipinski definition) is 3. The van der Waals surface area contributed by atoms with Crippen molar-refractivity contribution in [2.24, 2.45) is 7.05 Å². The van der Waals surface area contributed by atoms with E-state index in [1.165, 1.54) is 5.56 Å². The molecule has 0 saturated carbocycles. The Morgan fingerprint density at radius 3 is 2.96 bits per heavy atom. The fraction of sp³-hybridized carbons (Fsp3) is 0.444. The number of hydrogen-bond donors (Lipinski definition) is 0. The van der Waals surface area contributed by atoms with Crippen LogP contribution in [0.3, 0.4) is 0 Å². The van der Waals surface area contributed by atoms with Gasteiger partial charge in [0.1, 0.15) is 0 Å². The van der Waals surface area contributed by atoms with Crippen LogP contribution < -0.4 is 4.90 Å². The van der Waals surface area contributed by atoms with Crippen molar-refractivity contribution in [3.8, 4) is 0 Å². The molecule has 4 rings (SSSR count). The summed E-state index contributed by atoms with van der Waals surface area (Å²) < 4.78 is 7.22. The van der Waals surface area contributed by atoms with E-state index in [9.17, 15) is 4.79 Å². The predicted octanol–water partition coefficient (Wildman–Crippen LogP) is 2.69. The summed E-state index contributed by atoms with van der Waals surface area (Å²) in [5, 5.41) is 4.55. The van der Waals surface area contributed by atoms with Crippen LogP contribution in [0, 0.1) is 0 Å². The number of aromatic nitrogens is 2. The summed E-state index contributed by atoms with van der Waals surface area (Å²) in [7, 11) is 1.87. The fourth-order valence-corrected chi connectivity index (χ4v) is 3.68. The van der Waals surface area contributed by atoms with E-state index in [0.717, 1.165) is 31.0 Å². The van der Waals surface area contributed by atoms with Crippen molar-refractivity contribution in [1.29, 1.82) is 0 Å². The molecule has 1 amide bonds. The first-order chi connectivity index (χ1) is 11.1. The van der Waals surface area contributed by atoms with Gasteiger partial charge in [0.2, 0.25) is 0 Å². The predicted molar refractivity (Wildman–Crippen MR) is 87.9 cm³/mol. The summed E-state index contributed by atoms with van der Waals surface area (Å²) in [5.41, 5.74) is 3.87. The van der Waals surface area contributed by atoms with Crippen molar-refractivity contribution in [2.45, 2.75) is 25.2 Å². The Morgan fingerprint density at radius 2 is 2.17 bits per heavy atom. The fourth-order valence-electron chi connectivity index (χ4n) is 3.68. The summed E-state index contributed by atoms with van der Waals surface area (Å²) in [4.78, 5) is 15.1. The molecular formula is C18H21N3O2. The second kappa shape index (κ2) is 5.49. The largest absolute Gasteiger partial charge is 0.381 e. The molecule has 0 aliphatic carbocycles. The normalized spacial score (nSPS) is 23.3. The molecule has 23 heavy (non-hydrogen) atoms. The number of benzene rings is 1. The van der Waals surface area contributed by atoms with Gasteiger partial charge in [0.25, 0.3) is 5.91 Å². The molecule has 5 nitrogen and oxygen atoms in total. The van der Waals surface area contributed by atoms with Gasteiger partial charge in [-0.15, -0.1) is 0 Å². The molecule has 120 valence electrons. The van der Waals surface area contributed by atoms with Crippen LogP contribution in [0.5, 0.6) is 0 Å². The number of para-hydroxylation sites is 1. The number of rotatable bonds is 2. The number of amides is 1. The van der Waals surface area contributed by atoms with E-state index in [1.807, 2.05) is 36.3 Å². The van der Waals surface area contributed by atoms with E-state index < -0.39 is 0 Å². The van der Waals surface area contributed by atoms with Crippen LogP contribution >= 0.6 is 0 Å². The topological polar surface area (TPSA) is 47.4 Å². The minimum atomic E-state index is 0.0526. The molecule has 2 aliphatic rings. The van der Waals surface area contributed by atoms with Gasteiger partial charge in [-0.1, -0.05) is 25.1 Å². The minimum absolute atomic E-state index is 0.0526. The van der Waals surface area contributed by atoms with E-state index in [2.05, 4.69) is 18.1 Å². The molecule has 0 radical (unpaired) electrons. The number of carbonyl (C=O) groups excluding carboxylic acids is 1. The first-order valence-electron chi connectivity index (χ1n) is 8.17. The Kier molecular flexibility index (Phi) is 3.45. The molecule has 2 atom stereocenters. The maximum Gasteiger partial charge on any atom is 0.261 e. The lowest BCUT2D eigenvalue weighted by molar-refractivity contribution is 0.0987. The lowest BCUT2D eigenvalue weighted by Crippen LogP contribution is -2.30. The van der Waals surface area contributed by atoms with Gasteiger partial charge in [0, 0.05) is 43.9 Å². The van der Waals surface area contributed by atoms with Crippen LogP contribution in [0.1, 0.15) is 46.8 Å². The quantitative estimate of drug-likeness (QED) is 0.857. The highest BCUT2D eigenvalue weighted by molar-refractivity contribution is 6.08. The van der Waals surface area contributed by atoms with E-state index in [-0.39, 0.29) is 11.8 Å². The number of carbonyl (C=O) groups is 1. The van der Waals surface area contributed by atoms with Crippen molar-refractivity contribution < 1.29 is 9.53 Å². The molecule has 1 fully saturated rings. The summed E-state index contributed by atoms with van der Waals surface area (Å²) in [6.45, 7) is 4.30. The second-order valence-electron chi connectivity index (χ2n) is 6.54. The number of aryl methyl sites for hydroxylation is 1. The highest BCUT2D eigenvalue weighted by Gasteiger charge is 2.34. The Balaban J connectivity index is 1.71. The third-order valence-corrected chi connectivity index (χ3v) is 4.86. The van der Waals surface area contributed by atoms with Crippen LogP contribution in [0.2, 0.25) is 0 Å². The van der Waals surface area contributed by atoms with Gasteiger partial charge in [0.05, 0.1) is 17.9 Å². The molecular weight excluding hydrogens is 290 g/mol. The molecule has 5 heteroatoms. The lowest BCUT2D eigenvalue weighted by atomic mass is 10.0. The molecule has 2 aliphatic heterocycles. The zero-order valence-electron chi connectivity index (χ0n) is 13.5. The smallest absolute Gasteiger partial charge is 0.261 e. The Hall–Kier alpha value is -2.14. The number of anilines is 1. The van der Waals surface area contributed by atoms with E-state index in [4.69, 9.17) is 4.74 Å². The van der Waals surface area contributed by atoms with Crippen molar-refractivity contribution in [3.63, 3.8) is 0 Å². The van der Waals surface area contributed by atoms with E-state index in [0.29, 0.717) is 18.1 Å². The van der Waals surface area contributed by atoms with Gasteiger partial charge in [-0.25, -0.2) is 0 Å². The number of nitrogens with zero attached hydrogens (tertiary/aromatic N) is 3. The van der Waals surface area contributed by atoms with E-state index in [1.54, 1.807) is 4.68 Å². The summed E-state index contributed by atoms with van der Waals surface area (Å²) in [5.74, 6) is 0.646. The molecule has 0 N–H and O–H groups in total. The molecule has 0 bridgehead atoms. The molecule has 1 saturated heterocycles. The van der Waals surface area contributed by atoms with Gasteiger partial charge in [-0.3, -0.25) is 9.48 Å². The van der Waals surface area contributed by atoms with Gasteiger partial charge >= 0.3 is 0 Å². The van der Waals surface area contributed by atoms with E-state index >= 15 is 0 Å². The second-order valence-corrected chi connectivity index (χ2v) is 6.54. The zero-order valence-corrected chi connectivity index (χ0v) is 13.5. The van der Waals surface area contributed by atoms with Gasteiger partial charge in [0.15, 0.2) is 0 Å². The third kappa shape index (κ3) is 2.36. The summed E-state index contributed by atoms with van der Waals surface area (Å²) in [6.07, 6.45) is 2.78. The highest BCUT2D eigenvalue weighted by atomic mass is 16.5. The molecule has 2 aromatic rings. The Labute approximate surface area is 135 Å². The third-order valence-electron chi connectivity index (χ3n) is 4.86. The van der Waals surface area contributed by atoms with Crippen LogP contribution in [0.15, 0.2) is 30.5 Å². The maximum absolute atomic E-state index is 13.2. The first kappa shape index (κ1) is 14.5. The van der Waals surface area contributed by atoms with Crippen molar-refractivity contribution in [3.05, 3.63) is 47.3 Å². The standard InChI is InChI=1S/C18H21N3O2/c1-12-9-21(16-6-4-3-5-14(12)16)18(22)15-10-20(2)19-17(15)13-7-8-23-11-13/h3-6,10,12-13H,7-9,11H2,1-2H3/t12-,13-/m1/s1. The van der Waals surface area contributed by atoms with Crippen LogP contribution in [0.25, 0.3) is 0 Å². The van der Waals surface area contributed by atoms with Crippen molar-refractivity contribution >= 4 is 11.6 Å². The highest BCUT2D eigenvalue weighted by Crippen LogP contribution is 2.37. The van der Waals surface area contributed by atoms with Crippen LogP contribution in [-0.2, 0) is 11.8 Å². The molecule has 1 aromatic carbocycles. The average molecular weight is 311 g/mol. The maximum atomic E-state index is 13.2. The van der Waals surface area contributed by atoms with Gasteiger partial charge < -0.3 is 9.64 Å². The van der Waals surface area contributed by atoms with Crippen LogP contribution in [0.4, 0.5) is 5.69 Å². The summed E-state index contributed by atoms with van der Waals surface area (Å²) >= 11 is 0. The minimum Gasteiger partial charge on any atom is -0.381 e. The molecule has 1 aromatic heterocycles. The first-order valence-corrected chi connectivity index (χ1v) is 8.17. The molecule has 3 heterocycles. The van der Waals surface area contributed by atoms with Crippen LogP contribution in [-0.4, -0.2) is 35.4 Å². The summed E-state index contributed by atoms with van der Waals surface area (Å²) in [6, 6.07) is 8.18. The average Bonchev–Trinajstić information content (AvgIpc) is 3.26. The Bertz CT molecular complexity index is 746. The zero-order chi connectivity index (χ0) is 16.0. The Morgan fingerprint density at radius 1 is 1.35 bits per heavy atom. The molecule has 0 unspecified atom stereocenters. The lowest BCUT2D eigenvalue weighted by Gasteiger charge is -2.18. The number of ether oxygens (including phenoxy) is 1. The monoisotopic (exact) mass is 311 g/mol. The van der Waals surface area contributed by atoms with Crippen molar-refractivity contribution in [1.82, 2.24) is 9.78 Å². The SMILES string of the molecule is C[C@@H]1CN(C(=O)c2cn(C)nc2[C@@H]2CCOC2)c2ccccc21. The molecule has 0 spiro atoms.